The summed E-state index contributed by atoms with van der Waals surface area (Å²) in [6, 6.07) is 8.40. The first-order valence-electron chi connectivity index (χ1n) is 5.86. The third-order valence-electron chi connectivity index (χ3n) is 2.71. The van der Waals surface area contributed by atoms with Gasteiger partial charge in [-0.05, 0) is 37.3 Å². The lowest BCUT2D eigenvalue weighted by atomic mass is 10.2. The maximum Gasteiger partial charge on any atom is 0.261 e. The lowest BCUT2D eigenvalue weighted by Gasteiger charge is -2.10. The zero-order chi connectivity index (χ0) is 14.7. The number of amides is 1. The molecule has 2 aromatic rings. The number of hydrogen-bond acceptors (Lipinski definition) is 3. The van der Waals surface area contributed by atoms with Crippen LogP contribution in [0, 0.1) is 6.92 Å². The molecule has 0 aliphatic rings. The molecule has 2 rings (SSSR count). The molecule has 1 aromatic heterocycles. The summed E-state index contributed by atoms with van der Waals surface area (Å²) in [4.78, 5) is 26.4. The average Bonchev–Trinajstić information content (AvgIpc) is 2.38. The minimum Gasteiger partial charge on any atom is -0.495 e. The number of carbonyl (C=O) groups is 1. The molecule has 0 radical (unpaired) electrons. The number of rotatable bonds is 3. The number of carbonyl (C=O) groups excluding carboxylic acids is 1. The number of methoxy groups -OCH3 is 1. The third-order valence-corrected chi connectivity index (χ3v) is 3.20. The molecule has 2 N–H and O–H groups in total. The van der Waals surface area contributed by atoms with Gasteiger partial charge in [0.2, 0.25) is 0 Å². The minimum absolute atomic E-state index is 0.0534. The standard InChI is InChI=1S/C14H13BrN2O3/c1-8-3-5-10(13(18)16-8)14(19)17-11-7-9(15)4-6-12(11)20-2/h3-7H,1-2H3,(H,16,18)(H,17,19). The molecule has 0 aliphatic carbocycles. The Bertz CT molecular complexity index is 710. The maximum atomic E-state index is 12.1. The lowest BCUT2D eigenvalue weighted by molar-refractivity contribution is 0.102. The first kappa shape index (κ1) is 14.3. The SMILES string of the molecule is COc1ccc(Br)cc1NC(=O)c1ccc(C)[nH]c1=O. The number of halogens is 1. The van der Waals surface area contributed by atoms with Crippen LogP contribution in [0.3, 0.4) is 0 Å². The highest BCUT2D eigenvalue weighted by molar-refractivity contribution is 9.10. The van der Waals surface area contributed by atoms with Gasteiger partial charge in [-0.15, -0.1) is 0 Å². The molecule has 0 saturated heterocycles. The molecule has 0 saturated carbocycles. The first-order valence-corrected chi connectivity index (χ1v) is 6.65. The number of aromatic amines is 1. The van der Waals surface area contributed by atoms with Gasteiger partial charge in [-0.2, -0.15) is 0 Å². The molecule has 6 heteroatoms. The molecule has 5 nitrogen and oxygen atoms in total. The number of hydrogen-bond donors (Lipinski definition) is 2. The zero-order valence-electron chi connectivity index (χ0n) is 11.0. The third kappa shape index (κ3) is 3.08. The van der Waals surface area contributed by atoms with E-state index in [0.717, 1.165) is 4.47 Å². The average molecular weight is 337 g/mol. The van der Waals surface area contributed by atoms with E-state index in [1.165, 1.54) is 13.2 Å². The maximum absolute atomic E-state index is 12.1. The largest absolute Gasteiger partial charge is 0.495 e. The second-order valence-electron chi connectivity index (χ2n) is 4.18. The van der Waals surface area contributed by atoms with E-state index in [2.05, 4.69) is 26.2 Å². The zero-order valence-corrected chi connectivity index (χ0v) is 12.6. The molecule has 0 spiro atoms. The quantitative estimate of drug-likeness (QED) is 0.905. The second-order valence-corrected chi connectivity index (χ2v) is 5.10. The Morgan fingerprint density at radius 1 is 1.30 bits per heavy atom. The summed E-state index contributed by atoms with van der Waals surface area (Å²) in [7, 11) is 1.51. The predicted molar refractivity (Wildman–Crippen MR) is 80.4 cm³/mol. The lowest BCUT2D eigenvalue weighted by Crippen LogP contribution is -2.23. The molecule has 104 valence electrons. The van der Waals surface area contributed by atoms with Crippen LogP contribution in [0.2, 0.25) is 0 Å². The molecule has 0 unspecified atom stereocenters. The summed E-state index contributed by atoms with van der Waals surface area (Å²) in [5.41, 5.74) is 0.826. The Morgan fingerprint density at radius 3 is 2.70 bits per heavy atom. The van der Waals surface area contributed by atoms with Crippen molar-refractivity contribution < 1.29 is 9.53 Å². The molecule has 1 aromatic carbocycles. The van der Waals surface area contributed by atoms with Gasteiger partial charge >= 0.3 is 0 Å². The minimum atomic E-state index is -0.484. The molecule has 0 atom stereocenters. The summed E-state index contributed by atoms with van der Waals surface area (Å²) >= 11 is 3.32. The van der Waals surface area contributed by atoms with E-state index in [4.69, 9.17) is 4.74 Å². The molecule has 0 fully saturated rings. The van der Waals surface area contributed by atoms with Crippen molar-refractivity contribution in [3.8, 4) is 5.75 Å². The van der Waals surface area contributed by atoms with E-state index in [0.29, 0.717) is 17.1 Å². The summed E-state index contributed by atoms with van der Waals surface area (Å²) < 4.78 is 5.96. The second kappa shape index (κ2) is 5.92. The molecule has 0 aliphatic heterocycles. The van der Waals surface area contributed by atoms with E-state index in [1.54, 1.807) is 31.2 Å². The summed E-state index contributed by atoms with van der Waals surface area (Å²) in [5.74, 6) is 0.0349. The van der Waals surface area contributed by atoms with Crippen molar-refractivity contribution in [3.63, 3.8) is 0 Å². The molecular formula is C14H13BrN2O3. The molecule has 20 heavy (non-hydrogen) atoms. The molecule has 1 amide bonds. The Morgan fingerprint density at radius 2 is 2.05 bits per heavy atom. The fourth-order valence-corrected chi connectivity index (χ4v) is 2.08. The van der Waals surface area contributed by atoms with Gasteiger partial charge in [-0.3, -0.25) is 9.59 Å². The van der Waals surface area contributed by atoms with E-state index in [-0.39, 0.29) is 5.56 Å². The van der Waals surface area contributed by atoms with E-state index in [9.17, 15) is 9.59 Å². The van der Waals surface area contributed by atoms with Gasteiger partial charge in [-0.1, -0.05) is 15.9 Å². The summed E-state index contributed by atoms with van der Waals surface area (Å²) in [5, 5.41) is 2.66. The van der Waals surface area contributed by atoms with E-state index in [1.807, 2.05) is 0 Å². The van der Waals surface area contributed by atoms with Gasteiger partial charge in [0, 0.05) is 10.2 Å². The van der Waals surface area contributed by atoms with Crippen molar-refractivity contribution in [2.24, 2.45) is 0 Å². The van der Waals surface area contributed by atoms with Crippen molar-refractivity contribution in [1.82, 2.24) is 4.98 Å². The number of aryl methyl sites for hydroxylation is 1. The van der Waals surface area contributed by atoms with Crippen LogP contribution in [0.4, 0.5) is 5.69 Å². The van der Waals surface area contributed by atoms with Crippen molar-refractivity contribution in [1.29, 1.82) is 0 Å². The van der Waals surface area contributed by atoms with Crippen molar-refractivity contribution in [2.45, 2.75) is 6.92 Å². The smallest absolute Gasteiger partial charge is 0.261 e. The van der Waals surface area contributed by atoms with Gasteiger partial charge in [0.1, 0.15) is 11.3 Å². The first-order chi connectivity index (χ1) is 9.51. The van der Waals surface area contributed by atoms with Gasteiger partial charge < -0.3 is 15.0 Å². The van der Waals surface area contributed by atoms with Gasteiger partial charge in [0.05, 0.1) is 12.8 Å². The fraction of sp³-hybridized carbons (Fsp3) is 0.143. The predicted octanol–water partition coefficient (Wildman–Crippen LogP) is 2.71. The monoisotopic (exact) mass is 336 g/mol. The van der Waals surface area contributed by atoms with Gasteiger partial charge in [-0.25, -0.2) is 0 Å². The van der Waals surface area contributed by atoms with Crippen LogP contribution in [-0.4, -0.2) is 18.0 Å². The highest BCUT2D eigenvalue weighted by Gasteiger charge is 2.13. The van der Waals surface area contributed by atoms with Crippen LogP contribution >= 0.6 is 15.9 Å². The van der Waals surface area contributed by atoms with Gasteiger partial charge in [0.25, 0.3) is 11.5 Å². The topological polar surface area (TPSA) is 71.2 Å². The Labute approximate surface area is 124 Å². The van der Waals surface area contributed by atoms with Crippen LogP contribution in [0.15, 0.2) is 39.6 Å². The van der Waals surface area contributed by atoms with Crippen molar-refractivity contribution >= 4 is 27.5 Å². The number of aromatic nitrogens is 1. The number of ether oxygens (including phenoxy) is 1. The Kier molecular flexibility index (Phi) is 4.24. The van der Waals surface area contributed by atoms with Crippen LogP contribution < -0.4 is 15.6 Å². The molecule has 0 bridgehead atoms. The number of H-pyrrole nitrogens is 1. The molecule has 1 heterocycles. The van der Waals surface area contributed by atoms with Crippen molar-refractivity contribution in [3.05, 3.63) is 56.4 Å². The fourth-order valence-electron chi connectivity index (χ4n) is 1.72. The normalized spacial score (nSPS) is 10.2. The molecular weight excluding hydrogens is 324 g/mol. The van der Waals surface area contributed by atoms with Crippen molar-refractivity contribution in [2.75, 3.05) is 12.4 Å². The Hall–Kier alpha value is -2.08. The summed E-state index contributed by atoms with van der Waals surface area (Å²) in [6.07, 6.45) is 0. The van der Waals surface area contributed by atoms with Crippen LogP contribution in [0.5, 0.6) is 5.75 Å². The van der Waals surface area contributed by atoms with E-state index >= 15 is 0 Å². The highest BCUT2D eigenvalue weighted by atomic mass is 79.9. The van der Waals surface area contributed by atoms with Crippen LogP contribution in [-0.2, 0) is 0 Å². The number of anilines is 1. The number of benzene rings is 1. The number of pyridine rings is 1. The van der Waals surface area contributed by atoms with Gasteiger partial charge in [0.15, 0.2) is 0 Å². The van der Waals surface area contributed by atoms with Crippen LogP contribution in [0.25, 0.3) is 0 Å². The van der Waals surface area contributed by atoms with E-state index < -0.39 is 11.5 Å². The highest BCUT2D eigenvalue weighted by Crippen LogP contribution is 2.28. The van der Waals surface area contributed by atoms with Crippen LogP contribution in [0.1, 0.15) is 16.1 Å². The number of nitrogens with one attached hydrogen (secondary N) is 2. The Balaban J connectivity index is 2.32. The summed E-state index contributed by atoms with van der Waals surface area (Å²) in [6.45, 7) is 1.75.